The van der Waals surface area contributed by atoms with E-state index in [1.807, 2.05) is 11.0 Å². The van der Waals surface area contributed by atoms with Crippen LogP contribution >= 0.6 is 11.6 Å². The normalized spacial score (nSPS) is 16.3. The van der Waals surface area contributed by atoms with Gasteiger partial charge in [-0.3, -0.25) is 9.69 Å². The number of ether oxygens (including phenoxy) is 1. The summed E-state index contributed by atoms with van der Waals surface area (Å²) in [6.45, 7) is 5.52. The maximum atomic E-state index is 12.6. The smallest absolute Gasteiger partial charge is 0.425 e. The third-order valence-corrected chi connectivity index (χ3v) is 5.21. The number of hydrogen-bond donors (Lipinski definition) is 1. The molecule has 1 amide bonds. The number of benzene rings is 1. The van der Waals surface area contributed by atoms with Gasteiger partial charge < -0.3 is 14.7 Å². The van der Waals surface area contributed by atoms with Crippen LogP contribution in [0.25, 0.3) is 0 Å². The van der Waals surface area contributed by atoms with Gasteiger partial charge in [0.15, 0.2) is 6.10 Å². The number of carboxylic acid groups (broad SMARTS) is 1. The second-order valence-corrected chi connectivity index (χ2v) is 8.19. The lowest BCUT2D eigenvalue weighted by Crippen LogP contribution is -2.49. The van der Waals surface area contributed by atoms with Crippen molar-refractivity contribution in [1.29, 1.82) is 0 Å². The molecule has 170 valence electrons. The summed E-state index contributed by atoms with van der Waals surface area (Å²) in [5.74, 6) is 4.56. The summed E-state index contributed by atoms with van der Waals surface area (Å²) in [7, 11) is 0. The molecule has 0 spiro atoms. The zero-order valence-electron chi connectivity index (χ0n) is 17.4. The number of carbonyl (C=O) groups is 2. The molecule has 1 aromatic carbocycles. The number of carboxylic acids is 1. The maximum Gasteiger partial charge on any atom is 0.425 e. The van der Waals surface area contributed by atoms with Crippen molar-refractivity contribution in [3.8, 4) is 11.8 Å². The molecule has 1 aliphatic heterocycles. The van der Waals surface area contributed by atoms with Crippen molar-refractivity contribution in [2.45, 2.75) is 39.6 Å². The highest BCUT2D eigenvalue weighted by Crippen LogP contribution is 2.24. The van der Waals surface area contributed by atoms with Crippen LogP contribution in [-0.4, -0.2) is 65.4 Å². The van der Waals surface area contributed by atoms with E-state index in [-0.39, 0.29) is 13.1 Å². The Bertz CT molecular complexity index is 885. The molecule has 1 unspecified atom stereocenters. The van der Waals surface area contributed by atoms with E-state index in [2.05, 4.69) is 16.6 Å². The molecule has 6 nitrogen and oxygen atoms in total. The van der Waals surface area contributed by atoms with Crippen molar-refractivity contribution in [2.75, 3.05) is 26.2 Å². The summed E-state index contributed by atoms with van der Waals surface area (Å²) < 4.78 is 42.2. The Morgan fingerprint density at radius 1 is 1.23 bits per heavy atom. The number of nitrogens with zero attached hydrogens (tertiary/aromatic N) is 2. The molecule has 1 N–H and O–H groups in total. The van der Waals surface area contributed by atoms with Gasteiger partial charge in [0.25, 0.3) is 0 Å². The highest BCUT2D eigenvalue weighted by Gasteiger charge is 2.40. The van der Waals surface area contributed by atoms with Crippen LogP contribution in [0.4, 0.5) is 18.0 Å². The minimum absolute atomic E-state index is 0.219. The Kier molecular flexibility index (Phi) is 7.84. The van der Waals surface area contributed by atoms with Crippen LogP contribution in [0.15, 0.2) is 18.2 Å². The van der Waals surface area contributed by atoms with Crippen LogP contribution in [0.2, 0.25) is 5.02 Å². The van der Waals surface area contributed by atoms with Crippen molar-refractivity contribution in [3.63, 3.8) is 0 Å². The number of piperazine rings is 1. The molecule has 1 aromatic rings. The topological polar surface area (TPSA) is 70.1 Å². The highest BCUT2D eigenvalue weighted by atomic mass is 35.5. The molecule has 2 rings (SSSR count). The molecule has 1 heterocycles. The van der Waals surface area contributed by atoms with Crippen LogP contribution in [0.5, 0.6) is 0 Å². The van der Waals surface area contributed by atoms with Gasteiger partial charge in [0, 0.05) is 38.3 Å². The van der Waals surface area contributed by atoms with E-state index in [9.17, 15) is 27.9 Å². The van der Waals surface area contributed by atoms with Gasteiger partial charge in [0.2, 0.25) is 0 Å². The van der Waals surface area contributed by atoms with Gasteiger partial charge in [0.05, 0.1) is 5.02 Å². The van der Waals surface area contributed by atoms with Gasteiger partial charge in [-0.05, 0) is 32.4 Å². The number of aliphatic carboxylic acids is 1. The van der Waals surface area contributed by atoms with Crippen molar-refractivity contribution in [1.82, 2.24) is 9.80 Å². The van der Waals surface area contributed by atoms with Crippen LogP contribution in [0.3, 0.4) is 0 Å². The summed E-state index contributed by atoms with van der Waals surface area (Å²) in [5.41, 5.74) is 0.0814. The fourth-order valence-corrected chi connectivity index (χ4v) is 2.98. The molecular weight excluding hydrogens is 437 g/mol. The largest absolute Gasteiger partial charge is 0.480 e. The first-order valence-corrected chi connectivity index (χ1v) is 9.97. The number of amides is 1. The van der Waals surface area contributed by atoms with Gasteiger partial charge in [-0.15, -0.1) is 0 Å². The highest BCUT2D eigenvalue weighted by molar-refractivity contribution is 6.31. The van der Waals surface area contributed by atoms with E-state index in [1.165, 1.54) is 18.7 Å². The first-order valence-electron chi connectivity index (χ1n) is 9.60. The predicted octanol–water partition coefficient (Wildman–Crippen LogP) is 4.01. The molecule has 0 bridgehead atoms. The van der Waals surface area contributed by atoms with Gasteiger partial charge in [-0.2, -0.15) is 13.2 Å². The average Bonchev–Trinajstić information content (AvgIpc) is 2.67. The van der Waals surface area contributed by atoms with Gasteiger partial charge in [0.1, 0.15) is 5.41 Å². The number of halogens is 4. The molecular formula is C21H24ClF3N2O4. The van der Waals surface area contributed by atoms with Crippen molar-refractivity contribution < 1.29 is 32.6 Å². The summed E-state index contributed by atoms with van der Waals surface area (Å²) in [6.07, 6.45) is -7.76. The van der Waals surface area contributed by atoms with E-state index >= 15 is 0 Å². The van der Waals surface area contributed by atoms with Crippen LogP contribution in [0.1, 0.15) is 31.9 Å². The number of hydrogen-bond acceptors (Lipinski definition) is 4. The Hall–Kier alpha value is -2.44. The van der Waals surface area contributed by atoms with Crippen LogP contribution < -0.4 is 0 Å². The molecule has 10 heteroatoms. The SMILES string of the molecule is CC(OC(=O)N1CCN(Cc2cccc(Cl)c2C#CC(C)(C)C(=O)O)CC1)C(F)(F)F. The predicted molar refractivity (Wildman–Crippen MR) is 109 cm³/mol. The second-order valence-electron chi connectivity index (χ2n) is 7.78. The number of carbonyl (C=O) groups excluding carboxylic acids is 1. The Labute approximate surface area is 183 Å². The third kappa shape index (κ3) is 6.77. The van der Waals surface area contributed by atoms with Crippen LogP contribution in [-0.2, 0) is 16.1 Å². The molecule has 0 aromatic heterocycles. The first kappa shape index (κ1) is 24.8. The van der Waals surface area contributed by atoms with E-state index < -0.39 is 29.8 Å². The average molecular weight is 461 g/mol. The molecule has 0 saturated carbocycles. The monoisotopic (exact) mass is 460 g/mol. The number of rotatable bonds is 4. The Morgan fingerprint density at radius 2 is 1.84 bits per heavy atom. The van der Waals surface area contributed by atoms with Crippen molar-refractivity contribution in [2.24, 2.45) is 5.41 Å². The van der Waals surface area contributed by atoms with Gasteiger partial charge in [-0.1, -0.05) is 35.6 Å². The molecule has 0 aliphatic carbocycles. The summed E-state index contributed by atoms with van der Waals surface area (Å²) in [5, 5.41) is 9.64. The lowest BCUT2D eigenvalue weighted by Gasteiger charge is -2.35. The van der Waals surface area contributed by atoms with E-state index in [1.54, 1.807) is 12.1 Å². The zero-order chi connectivity index (χ0) is 23.4. The van der Waals surface area contributed by atoms with E-state index in [0.29, 0.717) is 30.2 Å². The lowest BCUT2D eigenvalue weighted by molar-refractivity contribution is -0.200. The molecule has 1 aliphatic rings. The third-order valence-electron chi connectivity index (χ3n) is 4.90. The minimum atomic E-state index is -4.60. The molecule has 0 radical (unpaired) electrons. The summed E-state index contributed by atoms with van der Waals surface area (Å²) in [6, 6.07) is 5.26. The van der Waals surface area contributed by atoms with Gasteiger partial charge >= 0.3 is 18.2 Å². The quantitative estimate of drug-likeness (QED) is 0.688. The van der Waals surface area contributed by atoms with Gasteiger partial charge in [-0.25, -0.2) is 4.79 Å². The lowest BCUT2D eigenvalue weighted by atomic mass is 9.94. The van der Waals surface area contributed by atoms with Crippen LogP contribution in [0, 0.1) is 17.3 Å². The van der Waals surface area contributed by atoms with E-state index in [0.717, 1.165) is 12.5 Å². The van der Waals surface area contributed by atoms with Crippen molar-refractivity contribution in [3.05, 3.63) is 34.3 Å². The molecule has 1 fully saturated rings. The second kappa shape index (κ2) is 9.79. The molecule has 1 saturated heterocycles. The summed E-state index contributed by atoms with van der Waals surface area (Å²) in [4.78, 5) is 26.5. The minimum Gasteiger partial charge on any atom is -0.480 e. The fourth-order valence-electron chi connectivity index (χ4n) is 2.73. The standard InChI is InChI=1S/C21H24ClF3N2O4/c1-14(21(23,24)25)31-19(30)27-11-9-26(10-12-27)13-15-5-4-6-17(22)16(15)7-8-20(2,3)18(28)29/h4-6,14H,9-13H2,1-3H3,(H,28,29). The van der Waals surface area contributed by atoms with Crippen molar-refractivity contribution >= 4 is 23.7 Å². The Morgan fingerprint density at radius 3 is 2.39 bits per heavy atom. The maximum absolute atomic E-state index is 12.6. The summed E-state index contributed by atoms with van der Waals surface area (Å²) >= 11 is 6.28. The fraction of sp³-hybridized carbons (Fsp3) is 0.524. The Balaban J connectivity index is 2.03. The zero-order valence-corrected chi connectivity index (χ0v) is 18.2. The van der Waals surface area contributed by atoms with E-state index in [4.69, 9.17) is 11.6 Å². The molecule has 31 heavy (non-hydrogen) atoms. The first-order chi connectivity index (χ1) is 14.3. The molecule has 1 atom stereocenters. The number of alkyl halides is 3.